The molecule has 1 amide bonds. The number of carbonyl (C=O) groups is 2. The molecule has 1 fully saturated rings. The summed E-state index contributed by atoms with van der Waals surface area (Å²) in [5, 5.41) is 10.5. The summed E-state index contributed by atoms with van der Waals surface area (Å²) in [6, 6.07) is 9.60. The van der Waals surface area contributed by atoms with Gasteiger partial charge in [0.1, 0.15) is 0 Å². The van der Waals surface area contributed by atoms with Crippen LogP contribution in [0.3, 0.4) is 0 Å². The monoisotopic (exact) mass is 300 g/mol. The molecule has 2 heterocycles. The van der Waals surface area contributed by atoms with Crippen molar-refractivity contribution in [2.75, 3.05) is 13.1 Å². The first-order valence-corrected chi connectivity index (χ1v) is 7.70. The summed E-state index contributed by atoms with van der Waals surface area (Å²) in [7, 11) is 0. The first kappa shape index (κ1) is 14.8. The number of hydrogen-bond donors (Lipinski definition) is 1. The molecule has 1 aromatic heterocycles. The number of aliphatic hydroxyl groups excluding tert-OH is 1. The number of hydrogen-bond acceptors (Lipinski definition) is 3. The molecule has 5 nitrogen and oxygen atoms in total. The molecule has 116 valence electrons. The third-order valence-corrected chi connectivity index (χ3v) is 4.24. The Kier molecular flexibility index (Phi) is 4.24. The Morgan fingerprint density at radius 1 is 1.05 bits per heavy atom. The van der Waals surface area contributed by atoms with E-state index < -0.39 is 0 Å². The zero-order chi connectivity index (χ0) is 15.5. The zero-order valence-corrected chi connectivity index (χ0v) is 12.4. The predicted molar refractivity (Wildman–Crippen MR) is 83.6 cm³/mol. The number of benzene rings is 1. The third-order valence-electron chi connectivity index (χ3n) is 4.24. The van der Waals surface area contributed by atoms with Crippen LogP contribution in [0.2, 0.25) is 0 Å². The van der Waals surface area contributed by atoms with Gasteiger partial charge in [-0.2, -0.15) is 0 Å². The molecule has 1 aliphatic heterocycles. The van der Waals surface area contributed by atoms with Gasteiger partial charge in [0.05, 0.1) is 11.6 Å². The summed E-state index contributed by atoms with van der Waals surface area (Å²) in [5.74, 6) is -0.0664. The number of amides is 1. The van der Waals surface area contributed by atoms with Gasteiger partial charge >= 0.3 is 0 Å². The van der Waals surface area contributed by atoms with Crippen LogP contribution in [-0.4, -0.2) is 45.6 Å². The van der Waals surface area contributed by atoms with Crippen molar-refractivity contribution < 1.29 is 14.7 Å². The van der Waals surface area contributed by atoms with Crippen molar-refractivity contribution in [1.29, 1.82) is 0 Å². The number of nitrogens with zero attached hydrogens (tertiary/aromatic N) is 2. The number of aromatic nitrogens is 1. The number of para-hydroxylation sites is 1. The van der Waals surface area contributed by atoms with Crippen LogP contribution < -0.4 is 0 Å². The highest BCUT2D eigenvalue weighted by Crippen LogP contribution is 2.16. The highest BCUT2D eigenvalue weighted by molar-refractivity contribution is 5.93. The van der Waals surface area contributed by atoms with Crippen LogP contribution in [0.15, 0.2) is 36.5 Å². The third kappa shape index (κ3) is 3.04. The number of likely N-dealkylation sites (tertiary alicyclic amines) is 1. The Balaban J connectivity index is 1.59. The molecule has 0 unspecified atom stereocenters. The molecule has 2 aromatic rings. The van der Waals surface area contributed by atoms with E-state index in [4.69, 9.17) is 0 Å². The SMILES string of the molecule is O=C(CCC(=O)n1ccc2ccccc21)N1CCC(O)CC1. The van der Waals surface area contributed by atoms with E-state index in [0.717, 1.165) is 10.9 Å². The van der Waals surface area contributed by atoms with Crippen LogP contribution in [0, 0.1) is 0 Å². The van der Waals surface area contributed by atoms with E-state index in [1.165, 1.54) is 0 Å². The van der Waals surface area contributed by atoms with Crippen molar-refractivity contribution in [1.82, 2.24) is 9.47 Å². The van der Waals surface area contributed by atoms with Gasteiger partial charge in [-0.15, -0.1) is 0 Å². The minimum atomic E-state index is -0.295. The molecule has 3 rings (SSSR count). The molecule has 0 bridgehead atoms. The fourth-order valence-electron chi connectivity index (χ4n) is 2.91. The highest BCUT2D eigenvalue weighted by atomic mass is 16.3. The molecule has 0 radical (unpaired) electrons. The average Bonchev–Trinajstić information content (AvgIpc) is 2.97. The fraction of sp³-hybridized carbons (Fsp3) is 0.412. The summed E-state index contributed by atoms with van der Waals surface area (Å²) >= 11 is 0. The van der Waals surface area contributed by atoms with Gasteiger partial charge in [0.2, 0.25) is 11.8 Å². The van der Waals surface area contributed by atoms with Gasteiger partial charge in [-0.25, -0.2) is 0 Å². The topological polar surface area (TPSA) is 62.5 Å². The Hall–Kier alpha value is -2.14. The smallest absolute Gasteiger partial charge is 0.231 e. The second-order valence-corrected chi connectivity index (χ2v) is 5.75. The lowest BCUT2D eigenvalue weighted by Crippen LogP contribution is -2.40. The molecule has 0 spiro atoms. The molecule has 1 aliphatic rings. The van der Waals surface area contributed by atoms with Gasteiger partial charge in [-0.1, -0.05) is 18.2 Å². The van der Waals surface area contributed by atoms with Crippen LogP contribution in [0.4, 0.5) is 0 Å². The maximum atomic E-state index is 12.3. The largest absolute Gasteiger partial charge is 0.393 e. The van der Waals surface area contributed by atoms with Crippen molar-refractivity contribution in [2.24, 2.45) is 0 Å². The number of aliphatic hydroxyl groups is 1. The van der Waals surface area contributed by atoms with Gasteiger partial charge in [0, 0.05) is 37.5 Å². The number of carbonyl (C=O) groups excluding carboxylic acids is 2. The van der Waals surface area contributed by atoms with Crippen LogP contribution in [0.25, 0.3) is 10.9 Å². The number of piperidine rings is 1. The maximum Gasteiger partial charge on any atom is 0.231 e. The van der Waals surface area contributed by atoms with E-state index >= 15 is 0 Å². The summed E-state index contributed by atoms with van der Waals surface area (Å²) in [5.41, 5.74) is 0.876. The molecular weight excluding hydrogens is 280 g/mol. The normalized spacial score (nSPS) is 16.1. The zero-order valence-electron chi connectivity index (χ0n) is 12.4. The molecule has 5 heteroatoms. The van der Waals surface area contributed by atoms with E-state index in [-0.39, 0.29) is 30.8 Å². The first-order chi connectivity index (χ1) is 10.6. The lowest BCUT2D eigenvalue weighted by atomic mass is 10.1. The molecule has 1 saturated heterocycles. The van der Waals surface area contributed by atoms with Crippen LogP contribution in [0.5, 0.6) is 0 Å². The maximum absolute atomic E-state index is 12.3. The summed E-state index contributed by atoms with van der Waals surface area (Å²) in [6.07, 6.45) is 3.15. The quantitative estimate of drug-likeness (QED) is 0.943. The van der Waals surface area contributed by atoms with Crippen molar-refractivity contribution >= 4 is 22.7 Å². The second-order valence-electron chi connectivity index (χ2n) is 5.75. The van der Waals surface area contributed by atoms with E-state index in [0.29, 0.717) is 25.9 Å². The molecule has 0 atom stereocenters. The molecule has 0 aliphatic carbocycles. The number of rotatable bonds is 3. The molecular formula is C17H20N2O3. The summed E-state index contributed by atoms with van der Waals surface area (Å²) in [4.78, 5) is 26.2. The minimum Gasteiger partial charge on any atom is -0.393 e. The highest BCUT2D eigenvalue weighted by Gasteiger charge is 2.21. The molecule has 22 heavy (non-hydrogen) atoms. The Morgan fingerprint density at radius 3 is 2.50 bits per heavy atom. The summed E-state index contributed by atoms with van der Waals surface area (Å²) < 4.78 is 1.61. The average molecular weight is 300 g/mol. The van der Waals surface area contributed by atoms with Crippen LogP contribution >= 0.6 is 0 Å². The van der Waals surface area contributed by atoms with Crippen LogP contribution in [0.1, 0.15) is 30.5 Å². The van der Waals surface area contributed by atoms with Crippen molar-refractivity contribution in [3.63, 3.8) is 0 Å². The van der Waals surface area contributed by atoms with Gasteiger partial charge in [0.15, 0.2) is 0 Å². The lowest BCUT2D eigenvalue weighted by molar-refractivity contribution is -0.133. The first-order valence-electron chi connectivity index (χ1n) is 7.70. The minimum absolute atomic E-state index is 0.00304. The summed E-state index contributed by atoms with van der Waals surface area (Å²) in [6.45, 7) is 1.17. The standard InChI is InChI=1S/C17H20N2O3/c20-14-8-10-18(11-9-14)16(21)5-6-17(22)19-12-7-13-3-1-2-4-15(13)19/h1-4,7,12,14,20H,5-6,8-11H2. The van der Waals surface area contributed by atoms with E-state index in [2.05, 4.69) is 0 Å². The molecule has 0 saturated carbocycles. The van der Waals surface area contributed by atoms with Crippen molar-refractivity contribution in [2.45, 2.75) is 31.8 Å². The predicted octanol–water partition coefficient (Wildman–Crippen LogP) is 2.04. The van der Waals surface area contributed by atoms with Gasteiger partial charge < -0.3 is 10.0 Å². The van der Waals surface area contributed by atoms with Gasteiger partial charge in [-0.3, -0.25) is 14.2 Å². The molecule has 1 N–H and O–H groups in total. The van der Waals surface area contributed by atoms with E-state index in [9.17, 15) is 14.7 Å². The van der Waals surface area contributed by atoms with Crippen molar-refractivity contribution in [3.05, 3.63) is 36.5 Å². The van der Waals surface area contributed by atoms with E-state index in [1.807, 2.05) is 30.3 Å². The lowest BCUT2D eigenvalue weighted by Gasteiger charge is -2.29. The second kappa shape index (κ2) is 6.32. The van der Waals surface area contributed by atoms with Gasteiger partial charge in [-0.05, 0) is 25.0 Å². The number of fused-ring (bicyclic) bond motifs is 1. The Morgan fingerprint density at radius 2 is 1.73 bits per heavy atom. The van der Waals surface area contributed by atoms with E-state index in [1.54, 1.807) is 15.7 Å². The molecule has 1 aromatic carbocycles. The van der Waals surface area contributed by atoms with Crippen LogP contribution in [-0.2, 0) is 4.79 Å². The Bertz CT molecular complexity index is 684. The fourth-order valence-corrected chi connectivity index (χ4v) is 2.91. The Labute approximate surface area is 129 Å². The van der Waals surface area contributed by atoms with Crippen molar-refractivity contribution in [3.8, 4) is 0 Å². The van der Waals surface area contributed by atoms with Gasteiger partial charge in [0.25, 0.3) is 0 Å².